The Morgan fingerprint density at radius 3 is 3.08 bits per heavy atom. The SMILES string of the molecule is CCCCC(=O)N[C@H]1CCCNC1. The van der Waals surface area contributed by atoms with Crippen molar-refractivity contribution in [3.05, 3.63) is 0 Å². The molecule has 0 aromatic carbocycles. The van der Waals surface area contributed by atoms with Crippen molar-refractivity contribution in [1.82, 2.24) is 10.6 Å². The van der Waals surface area contributed by atoms with Gasteiger partial charge < -0.3 is 10.6 Å². The van der Waals surface area contributed by atoms with E-state index in [-0.39, 0.29) is 5.91 Å². The van der Waals surface area contributed by atoms with E-state index >= 15 is 0 Å². The predicted octanol–water partition coefficient (Wildman–Crippen LogP) is 1.04. The molecule has 1 saturated heterocycles. The van der Waals surface area contributed by atoms with Gasteiger partial charge >= 0.3 is 0 Å². The van der Waals surface area contributed by atoms with Gasteiger partial charge in [0.05, 0.1) is 0 Å². The zero-order chi connectivity index (χ0) is 9.52. The van der Waals surface area contributed by atoms with Crippen LogP contribution < -0.4 is 10.6 Å². The molecule has 1 aliphatic rings. The van der Waals surface area contributed by atoms with Crippen molar-refractivity contribution in [2.45, 2.75) is 45.1 Å². The van der Waals surface area contributed by atoms with Gasteiger partial charge in [0.15, 0.2) is 0 Å². The summed E-state index contributed by atoms with van der Waals surface area (Å²) in [4.78, 5) is 11.3. The van der Waals surface area contributed by atoms with Gasteiger partial charge in [0.2, 0.25) is 5.91 Å². The molecule has 1 amide bonds. The van der Waals surface area contributed by atoms with Crippen LogP contribution in [0.15, 0.2) is 0 Å². The minimum Gasteiger partial charge on any atom is -0.352 e. The fraction of sp³-hybridized carbons (Fsp3) is 0.900. The third-order valence-corrected chi connectivity index (χ3v) is 2.42. The quantitative estimate of drug-likeness (QED) is 0.685. The molecule has 13 heavy (non-hydrogen) atoms. The van der Waals surface area contributed by atoms with Crippen LogP contribution in [0, 0.1) is 0 Å². The maximum Gasteiger partial charge on any atom is 0.220 e. The van der Waals surface area contributed by atoms with E-state index in [0.29, 0.717) is 12.5 Å². The first-order valence-corrected chi connectivity index (χ1v) is 5.33. The van der Waals surface area contributed by atoms with E-state index in [0.717, 1.165) is 32.4 Å². The molecule has 0 aromatic rings. The van der Waals surface area contributed by atoms with Crippen molar-refractivity contribution in [1.29, 1.82) is 0 Å². The number of unbranched alkanes of at least 4 members (excludes halogenated alkanes) is 1. The van der Waals surface area contributed by atoms with Crippen molar-refractivity contribution in [2.24, 2.45) is 0 Å². The van der Waals surface area contributed by atoms with Crippen molar-refractivity contribution in [3.8, 4) is 0 Å². The van der Waals surface area contributed by atoms with E-state index < -0.39 is 0 Å². The lowest BCUT2D eigenvalue weighted by molar-refractivity contribution is -0.122. The fourth-order valence-electron chi connectivity index (χ4n) is 1.61. The largest absolute Gasteiger partial charge is 0.352 e. The first kappa shape index (κ1) is 10.5. The number of carbonyl (C=O) groups excluding carboxylic acids is 1. The van der Waals surface area contributed by atoms with Crippen molar-refractivity contribution < 1.29 is 4.79 Å². The molecule has 0 aromatic heterocycles. The van der Waals surface area contributed by atoms with Crippen LogP contribution in [-0.4, -0.2) is 25.0 Å². The average Bonchev–Trinajstić information content (AvgIpc) is 2.16. The second kappa shape index (κ2) is 5.97. The summed E-state index contributed by atoms with van der Waals surface area (Å²) in [6.07, 6.45) is 5.10. The van der Waals surface area contributed by atoms with Crippen molar-refractivity contribution in [2.75, 3.05) is 13.1 Å². The molecule has 1 heterocycles. The Labute approximate surface area is 80.3 Å². The van der Waals surface area contributed by atoms with E-state index in [1.165, 1.54) is 6.42 Å². The van der Waals surface area contributed by atoms with Crippen molar-refractivity contribution in [3.63, 3.8) is 0 Å². The molecule has 2 N–H and O–H groups in total. The van der Waals surface area contributed by atoms with E-state index in [1.807, 2.05) is 0 Å². The molecule has 3 heteroatoms. The molecular weight excluding hydrogens is 164 g/mol. The monoisotopic (exact) mass is 184 g/mol. The van der Waals surface area contributed by atoms with Gasteiger partial charge in [-0.1, -0.05) is 13.3 Å². The number of amides is 1. The number of hydrogen-bond donors (Lipinski definition) is 2. The van der Waals surface area contributed by atoms with E-state index in [1.54, 1.807) is 0 Å². The van der Waals surface area contributed by atoms with Gasteiger partial charge in [-0.15, -0.1) is 0 Å². The predicted molar refractivity (Wildman–Crippen MR) is 53.6 cm³/mol. The second-order valence-corrected chi connectivity index (χ2v) is 3.71. The highest BCUT2D eigenvalue weighted by Gasteiger charge is 2.14. The fourth-order valence-corrected chi connectivity index (χ4v) is 1.61. The highest BCUT2D eigenvalue weighted by molar-refractivity contribution is 5.76. The summed E-state index contributed by atoms with van der Waals surface area (Å²) >= 11 is 0. The van der Waals surface area contributed by atoms with Gasteiger partial charge in [0.1, 0.15) is 0 Å². The first-order chi connectivity index (χ1) is 6.33. The molecule has 1 fully saturated rings. The molecule has 0 bridgehead atoms. The smallest absolute Gasteiger partial charge is 0.220 e. The van der Waals surface area contributed by atoms with E-state index in [4.69, 9.17) is 0 Å². The number of piperidine rings is 1. The molecule has 76 valence electrons. The van der Waals surface area contributed by atoms with Crippen LogP contribution in [0.2, 0.25) is 0 Å². The zero-order valence-electron chi connectivity index (χ0n) is 8.44. The lowest BCUT2D eigenvalue weighted by atomic mass is 10.1. The minimum atomic E-state index is 0.218. The van der Waals surface area contributed by atoms with Crippen LogP contribution in [0.25, 0.3) is 0 Å². The third-order valence-electron chi connectivity index (χ3n) is 2.42. The second-order valence-electron chi connectivity index (χ2n) is 3.71. The summed E-state index contributed by atoms with van der Waals surface area (Å²) < 4.78 is 0. The van der Waals surface area contributed by atoms with Gasteiger partial charge in [-0.25, -0.2) is 0 Å². The highest BCUT2D eigenvalue weighted by Crippen LogP contribution is 2.02. The van der Waals surface area contributed by atoms with Crippen LogP contribution in [0.3, 0.4) is 0 Å². The Morgan fingerprint density at radius 1 is 1.62 bits per heavy atom. The van der Waals surface area contributed by atoms with Gasteiger partial charge in [-0.3, -0.25) is 4.79 Å². The third kappa shape index (κ3) is 4.27. The Bertz CT molecular complexity index is 153. The number of nitrogens with one attached hydrogen (secondary N) is 2. The first-order valence-electron chi connectivity index (χ1n) is 5.33. The van der Waals surface area contributed by atoms with Gasteiger partial charge in [-0.05, 0) is 25.8 Å². The van der Waals surface area contributed by atoms with Gasteiger partial charge in [-0.2, -0.15) is 0 Å². The Kier molecular flexibility index (Phi) is 4.83. The molecule has 0 saturated carbocycles. The van der Waals surface area contributed by atoms with E-state index in [9.17, 15) is 4.79 Å². The summed E-state index contributed by atoms with van der Waals surface area (Å²) in [6.45, 7) is 4.15. The minimum absolute atomic E-state index is 0.218. The Balaban J connectivity index is 2.11. The van der Waals surface area contributed by atoms with Crippen LogP contribution in [0.4, 0.5) is 0 Å². The number of hydrogen-bond acceptors (Lipinski definition) is 2. The zero-order valence-corrected chi connectivity index (χ0v) is 8.44. The summed E-state index contributed by atoms with van der Waals surface area (Å²) in [5.74, 6) is 0.218. The van der Waals surface area contributed by atoms with Gasteiger partial charge in [0.25, 0.3) is 0 Å². The molecule has 0 aliphatic carbocycles. The lowest BCUT2D eigenvalue weighted by Crippen LogP contribution is -2.45. The molecule has 1 rings (SSSR count). The molecule has 3 nitrogen and oxygen atoms in total. The number of rotatable bonds is 4. The lowest BCUT2D eigenvalue weighted by Gasteiger charge is -2.23. The molecule has 1 aliphatic heterocycles. The standard InChI is InChI=1S/C10H20N2O/c1-2-3-6-10(13)12-9-5-4-7-11-8-9/h9,11H,2-8H2,1H3,(H,12,13)/t9-/m0/s1. The normalized spacial score (nSPS) is 22.7. The molecular formula is C10H20N2O. The topological polar surface area (TPSA) is 41.1 Å². The van der Waals surface area contributed by atoms with Crippen LogP contribution >= 0.6 is 0 Å². The summed E-state index contributed by atoms with van der Waals surface area (Å²) in [5.41, 5.74) is 0. The van der Waals surface area contributed by atoms with Crippen LogP contribution in [0.5, 0.6) is 0 Å². The summed E-state index contributed by atoms with van der Waals surface area (Å²) in [5, 5.41) is 6.33. The van der Waals surface area contributed by atoms with Crippen LogP contribution in [0.1, 0.15) is 39.0 Å². The van der Waals surface area contributed by atoms with Crippen LogP contribution in [-0.2, 0) is 4.79 Å². The highest BCUT2D eigenvalue weighted by atomic mass is 16.1. The number of carbonyl (C=O) groups is 1. The summed E-state index contributed by atoms with van der Waals surface area (Å²) in [7, 11) is 0. The Morgan fingerprint density at radius 2 is 2.46 bits per heavy atom. The molecule has 1 atom stereocenters. The Hall–Kier alpha value is -0.570. The molecule has 0 spiro atoms. The molecule has 0 radical (unpaired) electrons. The molecule has 0 unspecified atom stereocenters. The van der Waals surface area contributed by atoms with Gasteiger partial charge in [0, 0.05) is 19.0 Å². The summed E-state index contributed by atoms with van der Waals surface area (Å²) in [6, 6.07) is 0.373. The maximum absolute atomic E-state index is 11.3. The maximum atomic E-state index is 11.3. The van der Waals surface area contributed by atoms with E-state index in [2.05, 4.69) is 17.6 Å². The average molecular weight is 184 g/mol. The van der Waals surface area contributed by atoms with Crippen molar-refractivity contribution >= 4 is 5.91 Å².